The first kappa shape index (κ1) is 10.9. The molecule has 0 aromatic heterocycles. The summed E-state index contributed by atoms with van der Waals surface area (Å²) in [5, 5.41) is 9.15. The third kappa shape index (κ3) is 2.32. The molecule has 2 saturated heterocycles. The Morgan fingerprint density at radius 3 is 2.87 bits per heavy atom. The van der Waals surface area contributed by atoms with Crippen LogP contribution in [0.1, 0.15) is 32.1 Å². The summed E-state index contributed by atoms with van der Waals surface area (Å²) in [5.41, 5.74) is 0. The molecular formula is C11H19NO3. The van der Waals surface area contributed by atoms with Crippen molar-refractivity contribution >= 4 is 5.91 Å². The molecule has 0 saturated carbocycles. The lowest BCUT2D eigenvalue weighted by atomic mass is 10.1. The van der Waals surface area contributed by atoms with Crippen molar-refractivity contribution in [3.8, 4) is 0 Å². The van der Waals surface area contributed by atoms with Crippen molar-refractivity contribution in [2.75, 3.05) is 19.8 Å². The van der Waals surface area contributed by atoms with Crippen molar-refractivity contribution in [3.05, 3.63) is 0 Å². The minimum absolute atomic E-state index is 0.0306. The number of amides is 1. The van der Waals surface area contributed by atoms with Gasteiger partial charge in [-0.2, -0.15) is 0 Å². The zero-order valence-corrected chi connectivity index (χ0v) is 9.02. The molecule has 4 nitrogen and oxygen atoms in total. The lowest BCUT2D eigenvalue weighted by Gasteiger charge is -2.29. The largest absolute Gasteiger partial charge is 0.394 e. The highest BCUT2D eigenvalue weighted by atomic mass is 16.5. The predicted octanol–water partition coefficient (Wildman–Crippen LogP) is 0.539. The number of hydrogen-bond donors (Lipinski definition) is 1. The summed E-state index contributed by atoms with van der Waals surface area (Å²) in [6.07, 6.45) is 4.67. The average molecular weight is 213 g/mol. The van der Waals surface area contributed by atoms with Gasteiger partial charge in [0.1, 0.15) is 6.10 Å². The van der Waals surface area contributed by atoms with Gasteiger partial charge in [0.25, 0.3) is 5.91 Å². The van der Waals surface area contributed by atoms with Gasteiger partial charge in [0.05, 0.1) is 12.6 Å². The summed E-state index contributed by atoms with van der Waals surface area (Å²) in [4.78, 5) is 13.9. The molecular weight excluding hydrogens is 194 g/mol. The van der Waals surface area contributed by atoms with Crippen LogP contribution in [0.4, 0.5) is 0 Å². The van der Waals surface area contributed by atoms with E-state index >= 15 is 0 Å². The highest BCUT2D eigenvalue weighted by molar-refractivity contribution is 5.81. The molecule has 2 atom stereocenters. The molecule has 2 rings (SSSR count). The maximum atomic E-state index is 12.1. The molecule has 2 aliphatic rings. The normalized spacial score (nSPS) is 31.9. The molecule has 2 heterocycles. The minimum atomic E-state index is -0.245. The Morgan fingerprint density at radius 1 is 1.33 bits per heavy atom. The van der Waals surface area contributed by atoms with Gasteiger partial charge in [-0.3, -0.25) is 4.79 Å². The van der Waals surface area contributed by atoms with E-state index in [1.807, 2.05) is 0 Å². The van der Waals surface area contributed by atoms with Gasteiger partial charge in [-0.05, 0) is 32.1 Å². The van der Waals surface area contributed by atoms with Crippen molar-refractivity contribution in [2.24, 2.45) is 0 Å². The highest BCUT2D eigenvalue weighted by Crippen LogP contribution is 2.22. The number of aliphatic hydroxyl groups is 1. The molecule has 86 valence electrons. The maximum absolute atomic E-state index is 12.1. The quantitative estimate of drug-likeness (QED) is 0.728. The molecule has 1 N–H and O–H groups in total. The van der Waals surface area contributed by atoms with Gasteiger partial charge in [-0.15, -0.1) is 0 Å². The van der Waals surface area contributed by atoms with Crippen LogP contribution >= 0.6 is 0 Å². The molecule has 0 aromatic rings. The Kier molecular flexibility index (Phi) is 3.59. The zero-order chi connectivity index (χ0) is 10.7. The number of carbonyl (C=O) groups excluding carboxylic acids is 1. The lowest BCUT2D eigenvalue weighted by molar-refractivity contribution is -0.148. The van der Waals surface area contributed by atoms with Gasteiger partial charge in [0.15, 0.2) is 0 Å². The predicted molar refractivity (Wildman–Crippen MR) is 55.4 cm³/mol. The molecule has 2 fully saturated rings. The number of carbonyl (C=O) groups is 1. The molecule has 0 aliphatic carbocycles. The third-order valence-corrected chi connectivity index (χ3v) is 3.33. The van der Waals surface area contributed by atoms with E-state index in [1.165, 1.54) is 0 Å². The summed E-state index contributed by atoms with van der Waals surface area (Å²) in [6, 6.07) is 0.0306. The first-order valence-electron chi connectivity index (χ1n) is 5.86. The van der Waals surface area contributed by atoms with Gasteiger partial charge in [-0.25, -0.2) is 0 Å². The van der Waals surface area contributed by atoms with Gasteiger partial charge in [0.2, 0.25) is 0 Å². The van der Waals surface area contributed by atoms with Crippen LogP contribution in [0.2, 0.25) is 0 Å². The summed E-state index contributed by atoms with van der Waals surface area (Å²) in [5.74, 6) is 0.0891. The van der Waals surface area contributed by atoms with Crippen LogP contribution in [0, 0.1) is 0 Å². The molecule has 1 amide bonds. The molecule has 0 spiro atoms. The van der Waals surface area contributed by atoms with Gasteiger partial charge in [0, 0.05) is 13.2 Å². The number of aliphatic hydroxyl groups excluding tert-OH is 1. The lowest BCUT2D eigenvalue weighted by Crippen LogP contribution is -2.45. The SMILES string of the molecule is O=C(C1CCCCO1)N1CCC[C@H]1CO. The molecule has 0 bridgehead atoms. The van der Waals surface area contributed by atoms with Crippen molar-refractivity contribution in [2.45, 2.75) is 44.2 Å². The number of rotatable bonds is 2. The second kappa shape index (κ2) is 4.94. The van der Waals surface area contributed by atoms with Gasteiger partial charge < -0.3 is 14.7 Å². The van der Waals surface area contributed by atoms with Crippen LogP contribution in [-0.4, -0.2) is 47.8 Å². The van der Waals surface area contributed by atoms with Crippen LogP contribution in [-0.2, 0) is 9.53 Å². The van der Waals surface area contributed by atoms with Crippen molar-refractivity contribution in [3.63, 3.8) is 0 Å². The summed E-state index contributed by atoms with van der Waals surface area (Å²) >= 11 is 0. The van der Waals surface area contributed by atoms with Crippen molar-refractivity contribution in [1.82, 2.24) is 4.90 Å². The fourth-order valence-corrected chi connectivity index (χ4v) is 2.44. The minimum Gasteiger partial charge on any atom is -0.394 e. The van der Waals surface area contributed by atoms with Crippen molar-refractivity contribution in [1.29, 1.82) is 0 Å². The van der Waals surface area contributed by atoms with E-state index in [9.17, 15) is 4.79 Å². The Morgan fingerprint density at radius 2 is 2.20 bits per heavy atom. The van der Waals surface area contributed by atoms with Crippen LogP contribution in [0.5, 0.6) is 0 Å². The Bertz CT molecular complexity index is 226. The topological polar surface area (TPSA) is 49.8 Å². The van der Waals surface area contributed by atoms with E-state index in [-0.39, 0.29) is 24.7 Å². The molecule has 0 aromatic carbocycles. The van der Waals surface area contributed by atoms with E-state index < -0.39 is 0 Å². The van der Waals surface area contributed by atoms with Crippen molar-refractivity contribution < 1.29 is 14.6 Å². The van der Waals surface area contributed by atoms with Crippen LogP contribution in [0.25, 0.3) is 0 Å². The fraction of sp³-hybridized carbons (Fsp3) is 0.909. The number of hydrogen-bond acceptors (Lipinski definition) is 3. The first-order valence-corrected chi connectivity index (χ1v) is 5.86. The molecule has 15 heavy (non-hydrogen) atoms. The Labute approximate surface area is 90.2 Å². The van der Waals surface area contributed by atoms with E-state index in [4.69, 9.17) is 9.84 Å². The number of likely N-dealkylation sites (tertiary alicyclic amines) is 1. The number of ether oxygens (including phenoxy) is 1. The zero-order valence-electron chi connectivity index (χ0n) is 9.02. The van der Waals surface area contributed by atoms with Gasteiger partial charge in [-0.1, -0.05) is 0 Å². The number of nitrogens with zero attached hydrogens (tertiary/aromatic N) is 1. The van der Waals surface area contributed by atoms with Crippen LogP contribution < -0.4 is 0 Å². The standard InChI is InChI=1S/C11H19NO3/c13-8-9-4-3-6-12(9)11(14)10-5-1-2-7-15-10/h9-10,13H,1-8H2/t9-,10?/m0/s1. The van der Waals surface area contributed by atoms with E-state index in [0.29, 0.717) is 6.61 Å². The van der Waals surface area contributed by atoms with Crippen LogP contribution in [0.3, 0.4) is 0 Å². The Balaban J connectivity index is 1.93. The van der Waals surface area contributed by atoms with Crippen LogP contribution in [0.15, 0.2) is 0 Å². The molecule has 1 unspecified atom stereocenters. The Hall–Kier alpha value is -0.610. The van der Waals surface area contributed by atoms with E-state index in [0.717, 1.165) is 38.6 Å². The maximum Gasteiger partial charge on any atom is 0.252 e. The average Bonchev–Trinajstić information content (AvgIpc) is 2.77. The third-order valence-electron chi connectivity index (χ3n) is 3.33. The van der Waals surface area contributed by atoms with E-state index in [1.54, 1.807) is 4.90 Å². The summed E-state index contributed by atoms with van der Waals surface area (Å²) < 4.78 is 5.47. The molecule has 2 aliphatic heterocycles. The van der Waals surface area contributed by atoms with E-state index in [2.05, 4.69) is 0 Å². The highest BCUT2D eigenvalue weighted by Gasteiger charge is 2.33. The molecule has 4 heteroatoms. The monoisotopic (exact) mass is 213 g/mol. The first-order chi connectivity index (χ1) is 7.33. The molecule has 0 radical (unpaired) electrons. The summed E-state index contributed by atoms with van der Waals surface area (Å²) in [7, 11) is 0. The second-order valence-electron chi connectivity index (χ2n) is 4.37. The van der Waals surface area contributed by atoms with Gasteiger partial charge >= 0.3 is 0 Å². The summed E-state index contributed by atoms with van der Waals surface area (Å²) in [6.45, 7) is 1.57. The second-order valence-corrected chi connectivity index (χ2v) is 4.37. The smallest absolute Gasteiger partial charge is 0.252 e. The fourth-order valence-electron chi connectivity index (χ4n) is 2.44.